The molecule has 0 spiro atoms. The average Bonchev–Trinajstić information content (AvgIpc) is 2.55. The molecule has 2 aromatic carbocycles. The Kier molecular flexibility index (Phi) is 6.13. The Hall–Kier alpha value is -2.62. The fraction of sp³-hybridized carbons (Fsp3) is 0.300. The van der Waals surface area contributed by atoms with Crippen LogP contribution in [0.15, 0.2) is 48.5 Å². The van der Waals surface area contributed by atoms with E-state index in [0.29, 0.717) is 6.54 Å². The SMILES string of the molecule is CCc1ccccc1N(CCC(=O)Nc1cccc(C)c1)C(C)=O. The molecule has 0 aliphatic heterocycles. The second-order valence-corrected chi connectivity index (χ2v) is 5.82. The number of hydrogen-bond acceptors (Lipinski definition) is 2. The van der Waals surface area contributed by atoms with Crippen molar-refractivity contribution >= 4 is 23.2 Å². The summed E-state index contributed by atoms with van der Waals surface area (Å²) in [5.74, 6) is -0.153. The zero-order valence-electron chi connectivity index (χ0n) is 14.5. The first-order chi connectivity index (χ1) is 11.5. The fourth-order valence-corrected chi connectivity index (χ4v) is 2.68. The topological polar surface area (TPSA) is 49.4 Å². The summed E-state index contributed by atoms with van der Waals surface area (Å²) in [7, 11) is 0. The summed E-state index contributed by atoms with van der Waals surface area (Å²) in [6, 6.07) is 15.5. The van der Waals surface area contributed by atoms with E-state index < -0.39 is 0 Å². The number of aryl methyl sites for hydroxylation is 2. The minimum atomic E-state index is -0.0965. The van der Waals surface area contributed by atoms with Crippen LogP contribution in [-0.4, -0.2) is 18.4 Å². The lowest BCUT2D eigenvalue weighted by molar-refractivity contribution is -0.117. The van der Waals surface area contributed by atoms with E-state index in [1.807, 2.05) is 55.5 Å². The maximum absolute atomic E-state index is 12.2. The van der Waals surface area contributed by atoms with Gasteiger partial charge in [0.2, 0.25) is 11.8 Å². The number of amides is 2. The average molecular weight is 324 g/mol. The number of anilines is 2. The molecule has 0 unspecified atom stereocenters. The molecule has 0 saturated heterocycles. The van der Waals surface area contributed by atoms with Crippen molar-refractivity contribution < 1.29 is 9.59 Å². The highest BCUT2D eigenvalue weighted by Gasteiger charge is 2.16. The van der Waals surface area contributed by atoms with Gasteiger partial charge >= 0.3 is 0 Å². The molecule has 2 amide bonds. The predicted octanol–water partition coefficient (Wildman–Crippen LogP) is 3.94. The third-order valence-corrected chi connectivity index (χ3v) is 3.91. The summed E-state index contributed by atoms with van der Waals surface area (Å²) in [6.45, 7) is 5.94. The van der Waals surface area contributed by atoms with Gasteiger partial charge in [0.15, 0.2) is 0 Å². The first kappa shape index (κ1) is 17.7. The van der Waals surface area contributed by atoms with Gasteiger partial charge in [-0.1, -0.05) is 37.3 Å². The number of rotatable bonds is 6. The number of carbonyl (C=O) groups excluding carboxylic acids is 2. The molecule has 0 saturated carbocycles. The Balaban J connectivity index is 2.04. The molecule has 0 aromatic heterocycles. The molecule has 0 radical (unpaired) electrons. The normalized spacial score (nSPS) is 10.3. The number of benzene rings is 2. The zero-order valence-corrected chi connectivity index (χ0v) is 14.5. The van der Waals surface area contributed by atoms with E-state index in [1.54, 1.807) is 4.90 Å². The molecule has 2 aromatic rings. The van der Waals surface area contributed by atoms with Crippen molar-refractivity contribution in [2.45, 2.75) is 33.6 Å². The van der Waals surface area contributed by atoms with Crippen LogP contribution in [0.4, 0.5) is 11.4 Å². The summed E-state index contributed by atoms with van der Waals surface area (Å²) in [4.78, 5) is 25.9. The molecule has 126 valence electrons. The molecule has 4 heteroatoms. The number of nitrogens with one attached hydrogen (secondary N) is 1. The van der Waals surface area contributed by atoms with E-state index in [9.17, 15) is 9.59 Å². The van der Waals surface area contributed by atoms with Crippen molar-refractivity contribution in [2.24, 2.45) is 0 Å². The number of nitrogens with zero attached hydrogens (tertiary/aromatic N) is 1. The molecule has 0 heterocycles. The van der Waals surface area contributed by atoms with Crippen LogP contribution in [0.25, 0.3) is 0 Å². The van der Waals surface area contributed by atoms with Gasteiger partial charge in [-0.05, 0) is 42.7 Å². The van der Waals surface area contributed by atoms with Crippen molar-refractivity contribution in [1.29, 1.82) is 0 Å². The number of para-hydroxylation sites is 1. The summed E-state index contributed by atoms with van der Waals surface area (Å²) < 4.78 is 0. The van der Waals surface area contributed by atoms with Gasteiger partial charge in [-0.2, -0.15) is 0 Å². The van der Waals surface area contributed by atoms with Gasteiger partial charge < -0.3 is 10.2 Å². The van der Waals surface area contributed by atoms with Crippen LogP contribution in [-0.2, 0) is 16.0 Å². The monoisotopic (exact) mass is 324 g/mol. The quantitative estimate of drug-likeness (QED) is 0.875. The highest BCUT2D eigenvalue weighted by Crippen LogP contribution is 2.21. The molecule has 1 N–H and O–H groups in total. The third kappa shape index (κ3) is 4.69. The molecule has 0 aliphatic carbocycles. The second-order valence-electron chi connectivity index (χ2n) is 5.82. The molecule has 0 atom stereocenters. The summed E-state index contributed by atoms with van der Waals surface area (Å²) in [5.41, 5.74) is 3.86. The van der Waals surface area contributed by atoms with Crippen LogP contribution in [0, 0.1) is 6.92 Å². The van der Waals surface area contributed by atoms with E-state index in [-0.39, 0.29) is 18.2 Å². The van der Waals surface area contributed by atoms with Crippen molar-refractivity contribution in [2.75, 3.05) is 16.8 Å². The van der Waals surface area contributed by atoms with Gasteiger partial charge in [0.05, 0.1) is 0 Å². The predicted molar refractivity (Wildman–Crippen MR) is 98.3 cm³/mol. The van der Waals surface area contributed by atoms with Crippen LogP contribution < -0.4 is 10.2 Å². The smallest absolute Gasteiger partial charge is 0.226 e. The maximum Gasteiger partial charge on any atom is 0.226 e. The highest BCUT2D eigenvalue weighted by atomic mass is 16.2. The van der Waals surface area contributed by atoms with Crippen LogP contribution in [0.2, 0.25) is 0 Å². The largest absolute Gasteiger partial charge is 0.326 e. The highest BCUT2D eigenvalue weighted by molar-refractivity contribution is 5.95. The third-order valence-electron chi connectivity index (χ3n) is 3.91. The van der Waals surface area contributed by atoms with Crippen molar-refractivity contribution in [1.82, 2.24) is 0 Å². The van der Waals surface area contributed by atoms with Crippen molar-refractivity contribution in [3.8, 4) is 0 Å². The molecule has 24 heavy (non-hydrogen) atoms. The number of carbonyl (C=O) groups is 2. The van der Waals surface area contributed by atoms with E-state index in [4.69, 9.17) is 0 Å². The van der Waals surface area contributed by atoms with Gasteiger partial charge in [-0.3, -0.25) is 9.59 Å². The molecular formula is C20H24N2O2. The van der Waals surface area contributed by atoms with Crippen molar-refractivity contribution in [3.05, 3.63) is 59.7 Å². The minimum absolute atomic E-state index is 0.0562. The van der Waals surface area contributed by atoms with Gasteiger partial charge in [-0.25, -0.2) is 0 Å². The second kappa shape index (κ2) is 8.29. The molecular weight excluding hydrogens is 300 g/mol. The van der Waals surface area contributed by atoms with E-state index in [0.717, 1.165) is 28.9 Å². The van der Waals surface area contributed by atoms with Gasteiger partial charge in [-0.15, -0.1) is 0 Å². The first-order valence-corrected chi connectivity index (χ1v) is 8.23. The Morgan fingerprint density at radius 3 is 2.50 bits per heavy atom. The standard InChI is InChI=1S/C20H24N2O2/c1-4-17-9-5-6-11-19(17)22(16(3)23)13-12-20(24)21-18-10-7-8-15(2)14-18/h5-11,14H,4,12-13H2,1-3H3,(H,21,24). The lowest BCUT2D eigenvalue weighted by Gasteiger charge is -2.23. The van der Waals surface area contributed by atoms with E-state index in [1.165, 1.54) is 6.92 Å². The molecule has 4 nitrogen and oxygen atoms in total. The van der Waals surface area contributed by atoms with Gasteiger partial charge in [0.1, 0.15) is 0 Å². The number of hydrogen-bond donors (Lipinski definition) is 1. The first-order valence-electron chi connectivity index (χ1n) is 8.23. The molecule has 0 fully saturated rings. The Labute approximate surface area is 143 Å². The lowest BCUT2D eigenvalue weighted by atomic mass is 10.1. The van der Waals surface area contributed by atoms with Crippen LogP contribution >= 0.6 is 0 Å². The van der Waals surface area contributed by atoms with Crippen LogP contribution in [0.5, 0.6) is 0 Å². The Morgan fingerprint density at radius 2 is 1.83 bits per heavy atom. The van der Waals surface area contributed by atoms with E-state index in [2.05, 4.69) is 12.2 Å². The molecule has 2 rings (SSSR count). The van der Waals surface area contributed by atoms with Gasteiger partial charge in [0, 0.05) is 31.3 Å². The molecule has 0 aliphatic rings. The van der Waals surface area contributed by atoms with E-state index >= 15 is 0 Å². The summed E-state index contributed by atoms with van der Waals surface area (Å²) in [5, 5.41) is 2.88. The summed E-state index contributed by atoms with van der Waals surface area (Å²) in [6.07, 6.45) is 1.10. The van der Waals surface area contributed by atoms with Crippen molar-refractivity contribution in [3.63, 3.8) is 0 Å². The Bertz CT molecular complexity index is 725. The Morgan fingerprint density at radius 1 is 1.08 bits per heavy atom. The fourth-order valence-electron chi connectivity index (χ4n) is 2.68. The summed E-state index contributed by atoms with van der Waals surface area (Å²) >= 11 is 0. The van der Waals surface area contributed by atoms with Gasteiger partial charge in [0.25, 0.3) is 0 Å². The maximum atomic E-state index is 12.2. The lowest BCUT2D eigenvalue weighted by Crippen LogP contribution is -2.32. The van der Waals surface area contributed by atoms with Crippen LogP contribution in [0.1, 0.15) is 31.4 Å². The molecule has 0 bridgehead atoms. The van der Waals surface area contributed by atoms with Crippen LogP contribution in [0.3, 0.4) is 0 Å². The minimum Gasteiger partial charge on any atom is -0.326 e. The zero-order chi connectivity index (χ0) is 17.5.